The van der Waals surface area contributed by atoms with Gasteiger partial charge in [-0.25, -0.2) is 4.99 Å². The van der Waals surface area contributed by atoms with Crippen LogP contribution in [0.1, 0.15) is 0 Å². The zero-order valence-corrected chi connectivity index (χ0v) is 7.34. The third-order valence-electron chi connectivity index (χ3n) is 0.543. The monoisotopic (exact) mass is 235 g/mol. The SMILES string of the molecule is C=CC=[NH+]/C=C\C=C.[I-]. The van der Waals surface area contributed by atoms with E-state index in [0.29, 0.717) is 0 Å². The first-order chi connectivity index (χ1) is 3.91. The normalized spacial score (nSPS) is 9.33. The molecular formula is C7H10IN. The Balaban J connectivity index is 0. The van der Waals surface area contributed by atoms with Crippen molar-refractivity contribution in [3.63, 3.8) is 0 Å². The number of halogens is 1. The molecule has 0 aliphatic carbocycles. The predicted octanol–water partition coefficient (Wildman–Crippen LogP) is -2.97. The summed E-state index contributed by atoms with van der Waals surface area (Å²) < 4.78 is 0. The highest BCUT2D eigenvalue weighted by Gasteiger charge is 1.62. The fourth-order valence-electron chi connectivity index (χ4n) is 0.247. The molecule has 2 heteroatoms. The zero-order chi connectivity index (χ0) is 6.24. The molecule has 0 aliphatic rings. The van der Waals surface area contributed by atoms with Crippen LogP contribution < -0.4 is 29.0 Å². The van der Waals surface area contributed by atoms with E-state index < -0.39 is 0 Å². The van der Waals surface area contributed by atoms with Crippen molar-refractivity contribution in [1.82, 2.24) is 0 Å². The van der Waals surface area contributed by atoms with Crippen LogP contribution in [0.2, 0.25) is 0 Å². The maximum atomic E-state index is 3.49. The fourth-order valence-corrected chi connectivity index (χ4v) is 0.247. The van der Waals surface area contributed by atoms with Crippen molar-refractivity contribution in [2.75, 3.05) is 0 Å². The van der Waals surface area contributed by atoms with Gasteiger partial charge >= 0.3 is 0 Å². The standard InChI is InChI=1S/C7H9N.HI/c1-3-5-7-8-6-4-2;/h3-7H,1-2H2;1H/b7-5-,8-6?;. The third-order valence-corrected chi connectivity index (χ3v) is 0.543. The van der Waals surface area contributed by atoms with Crippen LogP contribution in [0.15, 0.2) is 37.6 Å². The van der Waals surface area contributed by atoms with E-state index in [-0.39, 0.29) is 24.0 Å². The Morgan fingerprint density at radius 1 is 1.11 bits per heavy atom. The lowest BCUT2D eigenvalue weighted by Gasteiger charge is -1.61. The first kappa shape index (κ1) is 11.4. The van der Waals surface area contributed by atoms with E-state index >= 15 is 0 Å². The summed E-state index contributed by atoms with van der Waals surface area (Å²) >= 11 is 0. The molecule has 1 nitrogen and oxygen atoms in total. The second-order valence-corrected chi connectivity index (χ2v) is 1.16. The quantitative estimate of drug-likeness (QED) is 0.305. The van der Waals surface area contributed by atoms with Crippen LogP contribution in [-0.4, -0.2) is 6.21 Å². The Morgan fingerprint density at radius 3 is 2.22 bits per heavy atom. The maximum absolute atomic E-state index is 3.49. The Hall–Kier alpha value is -0.380. The van der Waals surface area contributed by atoms with E-state index in [9.17, 15) is 0 Å². The first-order valence-electron chi connectivity index (χ1n) is 2.39. The maximum Gasteiger partial charge on any atom is 0.166 e. The molecule has 0 aromatic carbocycles. The van der Waals surface area contributed by atoms with Crippen molar-refractivity contribution < 1.29 is 29.0 Å². The molecule has 0 amide bonds. The summed E-state index contributed by atoms with van der Waals surface area (Å²) in [6, 6.07) is 0. The molecule has 9 heavy (non-hydrogen) atoms. The molecule has 0 atom stereocenters. The molecule has 0 saturated heterocycles. The molecule has 0 bridgehead atoms. The van der Waals surface area contributed by atoms with Crippen molar-refractivity contribution in [2.24, 2.45) is 0 Å². The summed E-state index contributed by atoms with van der Waals surface area (Å²) in [5, 5.41) is 0. The molecular weight excluding hydrogens is 225 g/mol. The lowest BCUT2D eigenvalue weighted by molar-refractivity contribution is -0.365. The number of nitrogens with one attached hydrogen (secondary N) is 1. The first-order valence-corrected chi connectivity index (χ1v) is 2.39. The Kier molecular flexibility index (Phi) is 13.4. The van der Waals surface area contributed by atoms with Gasteiger partial charge in [-0.15, -0.1) is 0 Å². The van der Waals surface area contributed by atoms with E-state index in [2.05, 4.69) is 18.2 Å². The number of allylic oxidation sites excluding steroid dienone is 3. The van der Waals surface area contributed by atoms with Crippen molar-refractivity contribution in [3.8, 4) is 0 Å². The fraction of sp³-hybridized carbons (Fsp3) is 0. The minimum atomic E-state index is 0. The lowest BCUT2D eigenvalue weighted by atomic mass is 10.6. The van der Waals surface area contributed by atoms with E-state index in [1.54, 1.807) is 30.6 Å². The van der Waals surface area contributed by atoms with E-state index in [0.717, 1.165) is 0 Å². The van der Waals surface area contributed by atoms with Crippen LogP contribution in [0.25, 0.3) is 0 Å². The molecule has 0 aliphatic heterocycles. The van der Waals surface area contributed by atoms with Crippen molar-refractivity contribution in [1.29, 1.82) is 0 Å². The number of hydrogen-bond acceptors (Lipinski definition) is 0. The van der Waals surface area contributed by atoms with Crippen LogP contribution >= 0.6 is 0 Å². The van der Waals surface area contributed by atoms with Crippen LogP contribution in [0.5, 0.6) is 0 Å². The number of rotatable bonds is 3. The molecule has 0 radical (unpaired) electrons. The Bertz CT molecular complexity index is 109. The van der Waals surface area contributed by atoms with E-state index in [4.69, 9.17) is 0 Å². The molecule has 0 unspecified atom stereocenters. The topological polar surface area (TPSA) is 14.0 Å². The smallest absolute Gasteiger partial charge is 0.166 e. The predicted molar refractivity (Wildman–Crippen MR) is 36.6 cm³/mol. The molecule has 0 saturated carbocycles. The van der Waals surface area contributed by atoms with Crippen LogP contribution in [-0.2, 0) is 0 Å². The van der Waals surface area contributed by atoms with Gasteiger partial charge in [0.05, 0.1) is 0 Å². The summed E-state index contributed by atoms with van der Waals surface area (Å²) in [5.74, 6) is 0. The molecule has 1 N–H and O–H groups in total. The summed E-state index contributed by atoms with van der Waals surface area (Å²) in [6.07, 6.45) is 8.69. The van der Waals surface area contributed by atoms with Gasteiger partial charge in [0.15, 0.2) is 12.4 Å². The minimum Gasteiger partial charge on any atom is -1.00 e. The summed E-state index contributed by atoms with van der Waals surface area (Å²) in [7, 11) is 0. The second-order valence-electron chi connectivity index (χ2n) is 1.16. The molecule has 0 aromatic heterocycles. The highest BCUT2D eigenvalue weighted by atomic mass is 127. The van der Waals surface area contributed by atoms with Gasteiger partial charge in [0, 0.05) is 6.08 Å². The Labute approximate surface area is 72.9 Å². The third kappa shape index (κ3) is 11.3. The van der Waals surface area contributed by atoms with Gasteiger partial charge < -0.3 is 24.0 Å². The number of hydrogen-bond donors (Lipinski definition) is 1. The van der Waals surface area contributed by atoms with Gasteiger partial charge in [0.1, 0.15) is 0 Å². The zero-order valence-electron chi connectivity index (χ0n) is 5.18. The van der Waals surface area contributed by atoms with E-state index in [1.165, 1.54) is 0 Å². The van der Waals surface area contributed by atoms with Gasteiger partial charge in [-0.05, 0) is 6.08 Å². The van der Waals surface area contributed by atoms with Gasteiger partial charge in [0.25, 0.3) is 0 Å². The van der Waals surface area contributed by atoms with Gasteiger partial charge in [-0.1, -0.05) is 19.2 Å². The van der Waals surface area contributed by atoms with Crippen molar-refractivity contribution in [2.45, 2.75) is 0 Å². The minimum absolute atomic E-state index is 0. The van der Waals surface area contributed by atoms with Gasteiger partial charge in [-0.2, -0.15) is 0 Å². The molecule has 0 rings (SSSR count). The Morgan fingerprint density at radius 2 is 1.78 bits per heavy atom. The summed E-state index contributed by atoms with van der Waals surface area (Å²) in [4.78, 5) is 2.84. The van der Waals surface area contributed by atoms with Crippen LogP contribution in [0.4, 0.5) is 0 Å². The highest BCUT2D eigenvalue weighted by Crippen LogP contribution is 1.57. The van der Waals surface area contributed by atoms with E-state index in [1.807, 2.05) is 0 Å². The largest absolute Gasteiger partial charge is 1.00 e. The molecule has 0 aromatic rings. The van der Waals surface area contributed by atoms with Gasteiger partial charge in [0.2, 0.25) is 0 Å². The second kappa shape index (κ2) is 10.6. The van der Waals surface area contributed by atoms with Crippen LogP contribution in [0, 0.1) is 0 Å². The molecule has 50 valence electrons. The molecule has 0 heterocycles. The van der Waals surface area contributed by atoms with Crippen molar-refractivity contribution in [3.05, 3.63) is 37.6 Å². The summed E-state index contributed by atoms with van der Waals surface area (Å²) in [5.41, 5.74) is 0. The van der Waals surface area contributed by atoms with Crippen LogP contribution in [0.3, 0.4) is 0 Å². The highest BCUT2D eigenvalue weighted by molar-refractivity contribution is 5.64. The average Bonchev–Trinajstić information content (AvgIpc) is 1.81. The van der Waals surface area contributed by atoms with Gasteiger partial charge in [-0.3, -0.25) is 0 Å². The molecule has 0 spiro atoms. The summed E-state index contributed by atoms with van der Waals surface area (Å²) in [6.45, 7) is 6.97. The lowest BCUT2D eigenvalue weighted by Crippen LogP contribution is -3.00. The average molecular weight is 235 g/mol. The van der Waals surface area contributed by atoms with Crippen molar-refractivity contribution >= 4 is 6.21 Å². The molecule has 0 fully saturated rings.